The Labute approximate surface area is 119 Å². The van der Waals surface area contributed by atoms with Gasteiger partial charge in [-0.15, -0.1) is 0 Å². The van der Waals surface area contributed by atoms with E-state index in [1.54, 1.807) is 0 Å². The lowest BCUT2D eigenvalue weighted by atomic mass is 10.1. The van der Waals surface area contributed by atoms with Crippen LogP contribution < -0.4 is 4.73 Å². The third-order valence-corrected chi connectivity index (χ3v) is 2.98. The van der Waals surface area contributed by atoms with Crippen LogP contribution >= 0.6 is 0 Å². The molecule has 3 aromatic rings. The van der Waals surface area contributed by atoms with Crippen LogP contribution in [0.25, 0.3) is 22.6 Å². The standard InChI is InChI=1S/C12H7F3N4O3/c13-12(14,15)6-3-1-5(2-4-6)9-16-8-7(19(9)22)10(20)18-11(21)17-8/h1-4H,(H3,16,17,18,20,21). The van der Waals surface area contributed by atoms with Crippen LogP contribution in [-0.2, 0) is 6.18 Å². The summed E-state index contributed by atoms with van der Waals surface area (Å²) in [6.45, 7) is 0. The monoisotopic (exact) mass is 312 g/mol. The summed E-state index contributed by atoms with van der Waals surface area (Å²) < 4.78 is 37.8. The summed E-state index contributed by atoms with van der Waals surface area (Å²) in [4.78, 5) is 9.27. The Morgan fingerprint density at radius 1 is 1.09 bits per heavy atom. The predicted octanol–water partition coefficient (Wildman–Crippen LogP) is 1.69. The Morgan fingerprint density at radius 3 is 2.32 bits per heavy atom. The number of aromatic nitrogens is 4. The summed E-state index contributed by atoms with van der Waals surface area (Å²) in [6.07, 6.45) is -4.48. The number of H-pyrrole nitrogens is 1. The maximum absolute atomic E-state index is 12.5. The van der Waals surface area contributed by atoms with Crippen molar-refractivity contribution in [2.75, 3.05) is 0 Å². The maximum atomic E-state index is 12.5. The van der Waals surface area contributed by atoms with Gasteiger partial charge in [0.2, 0.25) is 0 Å². The van der Waals surface area contributed by atoms with Crippen molar-refractivity contribution in [2.45, 2.75) is 6.18 Å². The lowest BCUT2D eigenvalue weighted by Gasteiger charge is -2.07. The molecule has 0 aliphatic carbocycles. The molecule has 7 nitrogen and oxygen atoms in total. The van der Waals surface area contributed by atoms with Gasteiger partial charge >= 0.3 is 12.2 Å². The first-order valence-corrected chi connectivity index (χ1v) is 5.86. The second-order valence-corrected chi connectivity index (χ2v) is 4.39. The molecule has 0 aliphatic heterocycles. The van der Waals surface area contributed by atoms with Crippen LogP contribution in [0, 0.1) is 5.21 Å². The molecule has 0 atom stereocenters. The Hall–Kier alpha value is -3.04. The summed E-state index contributed by atoms with van der Waals surface area (Å²) in [5.41, 5.74) is -1.17. The van der Waals surface area contributed by atoms with Crippen molar-refractivity contribution >= 4 is 11.2 Å². The van der Waals surface area contributed by atoms with Gasteiger partial charge in [0, 0.05) is 0 Å². The third-order valence-electron chi connectivity index (χ3n) is 2.98. The summed E-state index contributed by atoms with van der Waals surface area (Å²) in [5, 5.41) is 30.8. The van der Waals surface area contributed by atoms with Crippen LogP contribution in [0.3, 0.4) is 0 Å². The van der Waals surface area contributed by atoms with E-state index in [1.165, 1.54) is 0 Å². The zero-order valence-electron chi connectivity index (χ0n) is 10.6. The topological polar surface area (TPSA) is 109 Å². The highest BCUT2D eigenvalue weighted by Crippen LogP contribution is 2.31. The molecule has 3 N–H and O–H groups in total. The number of aromatic amines is 1. The number of hydrogen-bond acceptors (Lipinski definition) is 5. The van der Waals surface area contributed by atoms with Crippen molar-refractivity contribution in [1.29, 1.82) is 0 Å². The fourth-order valence-electron chi connectivity index (χ4n) is 1.99. The van der Waals surface area contributed by atoms with E-state index < -0.39 is 23.6 Å². The first-order valence-electron chi connectivity index (χ1n) is 5.86. The van der Waals surface area contributed by atoms with Crippen molar-refractivity contribution in [1.82, 2.24) is 15.0 Å². The van der Waals surface area contributed by atoms with Gasteiger partial charge in [-0.2, -0.15) is 23.1 Å². The molecule has 2 aromatic heterocycles. The normalized spacial score (nSPS) is 12.0. The minimum Gasteiger partial charge on any atom is -0.710 e. The van der Waals surface area contributed by atoms with Gasteiger partial charge in [-0.3, -0.25) is 0 Å². The van der Waals surface area contributed by atoms with E-state index in [4.69, 9.17) is 5.11 Å². The molecule has 0 fully saturated rings. The molecule has 3 rings (SSSR count). The molecule has 1 aromatic carbocycles. The van der Waals surface area contributed by atoms with Crippen LogP contribution in [0.5, 0.6) is 11.9 Å². The number of imidazole rings is 1. The minimum atomic E-state index is -4.48. The van der Waals surface area contributed by atoms with Gasteiger partial charge in [0.1, 0.15) is 0 Å². The van der Waals surface area contributed by atoms with Crippen LogP contribution in [0.2, 0.25) is 0 Å². The highest BCUT2D eigenvalue weighted by molar-refractivity contribution is 5.75. The zero-order chi connectivity index (χ0) is 16.1. The molecule has 0 aliphatic rings. The Kier molecular flexibility index (Phi) is 2.83. The van der Waals surface area contributed by atoms with Crippen molar-refractivity contribution in [3.8, 4) is 23.3 Å². The molecule has 22 heavy (non-hydrogen) atoms. The van der Waals surface area contributed by atoms with Crippen LogP contribution in [0.4, 0.5) is 13.2 Å². The number of aromatic hydroxyl groups is 2. The molecule has 0 saturated carbocycles. The largest absolute Gasteiger partial charge is 0.710 e. The van der Waals surface area contributed by atoms with E-state index in [0.29, 0.717) is 0 Å². The molecule has 2 heterocycles. The lowest BCUT2D eigenvalue weighted by Crippen LogP contribution is -2.27. The quantitative estimate of drug-likeness (QED) is 0.468. The second-order valence-electron chi connectivity index (χ2n) is 4.39. The van der Waals surface area contributed by atoms with E-state index in [1.807, 2.05) is 0 Å². The molecule has 0 saturated heterocycles. The average Bonchev–Trinajstić information content (AvgIpc) is 2.75. The fraction of sp³-hybridized carbons (Fsp3) is 0.0833. The summed E-state index contributed by atoms with van der Waals surface area (Å²) in [5.74, 6) is -0.883. The molecule has 0 spiro atoms. The first-order chi connectivity index (χ1) is 10.3. The maximum Gasteiger partial charge on any atom is 0.416 e. The number of rotatable bonds is 1. The molecule has 0 bridgehead atoms. The molecular weight excluding hydrogens is 305 g/mol. The van der Waals surface area contributed by atoms with Crippen LogP contribution in [0.1, 0.15) is 5.56 Å². The number of hydrogen-bond donors (Lipinski definition) is 3. The Balaban J connectivity index is 2.14. The number of alkyl halides is 3. The van der Waals surface area contributed by atoms with Gasteiger partial charge in [-0.1, -0.05) is 0 Å². The van der Waals surface area contributed by atoms with Crippen LogP contribution in [0.15, 0.2) is 24.3 Å². The second kappa shape index (κ2) is 4.48. The Morgan fingerprint density at radius 2 is 1.73 bits per heavy atom. The predicted molar refractivity (Wildman–Crippen MR) is 66.6 cm³/mol. The average molecular weight is 312 g/mol. The minimum absolute atomic E-state index is 0.140. The van der Waals surface area contributed by atoms with Crippen molar-refractivity contribution in [3.05, 3.63) is 35.0 Å². The van der Waals surface area contributed by atoms with Crippen molar-refractivity contribution in [2.24, 2.45) is 0 Å². The van der Waals surface area contributed by atoms with E-state index in [2.05, 4.69) is 15.0 Å². The van der Waals surface area contributed by atoms with E-state index in [-0.39, 0.29) is 27.3 Å². The van der Waals surface area contributed by atoms with Crippen molar-refractivity contribution < 1.29 is 28.1 Å². The van der Waals surface area contributed by atoms with Crippen molar-refractivity contribution in [3.63, 3.8) is 0 Å². The fourth-order valence-corrected chi connectivity index (χ4v) is 1.99. The molecular formula is C12H7F3N4O3. The van der Waals surface area contributed by atoms with Gasteiger partial charge < -0.3 is 15.4 Å². The van der Waals surface area contributed by atoms with Gasteiger partial charge in [0.05, 0.1) is 11.1 Å². The van der Waals surface area contributed by atoms with Gasteiger partial charge in [-0.05, 0) is 24.3 Å². The summed E-state index contributed by atoms with van der Waals surface area (Å²) in [7, 11) is 0. The van der Waals surface area contributed by atoms with E-state index >= 15 is 0 Å². The Bertz CT molecular complexity index is 859. The molecule has 0 radical (unpaired) electrons. The van der Waals surface area contributed by atoms with E-state index in [9.17, 15) is 23.5 Å². The van der Waals surface area contributed by atoms with E-state index in [0.717, 1.165) is 24.3 Å². The molecule has 0 amide bonds. The molecule has 114 valence electrons. The number of halogens is 3. The number of nitrogens with one attached hydrogen (secondary N) is 1. The number of fused-ring (bicyclic) bond motifs is 1. The van der Waals surface area contributed by atoms with Gasteiger partial charge in [0.25, 0.3) is 22.9 Å². The lowest BCUT2D eigenvalue weighted by molar-refractivity contribution is -0.565. The summed E-state index contributed by atoms with van der Waals surface area (Å²) in [6, 6.07) is 3.11. The summed E-state index contributed by atoms with van der Waals surface area (Å²) >= 11 is 0. The zero-order valence-corrected chi connectivity index (χ0v) is 10.6. The number of nitrogens with zero attached hydrogens (tertiary/aromatic N) is 3. The smallest absolute Gasteiger partial charge is 0.416 e. The molecule has 10 heteroatoms. The van der Waals surface area contributed by atoms with Gasteiger partial charge in [-0.25, -0.2) is 9.71 Å². The first kappa shape index (κ1) is 13.9. The number of benzene rings is 1. The highest BCUT2D eigenvalue weighted by Gasteiger charge is 2.30. The highest BCUT2D eigenvalue weighted by atomic mass is 19.4. The van der Waals surface area contributed by atoms with Crippen LogP contribution in [-0.4, -0.2) is 25.2 Å². The SMILES string of the molecule is [O-][n+]1c(-c2ccc(C(F)(F)F)cc2)[nH]c2nc(O)nc(O)c21. The molecule has 0 unspecified atom stereocenters. The van der Waals surface area contributed by atoms with Gasteiger partial charge in [0.15, 0.2) is 0 Å². The third kappa shape index (κ3) is 2.14.